The Balaban J connectivity index is 2.66. The van der Waals surface area contributed by atoms with Crippen molar-refractivity contribution in [1.82, 2.24) is 9.80 Å². The van der Waals surface area contributed by atoms with Crippen LogP contribution in [-0.4, -0.2) is 60.5 Å². The molecule has 110 valence electrons. The van der Waals surface area contributed by atoms with Crippen LogP contribution in [0.15, 0.2) is 0 Å². The highest BCUT2D eigenvalue weighted by Gasteiger charge is 2.42. The van der Waals surface area contributed by atoms with Crippen molar-refractivity contribution in [3.8, 4) is 0 Å². The molecular weight excluding hydrogens is 244 g/mol. The van der Waals surface area contributed by atoms with Gasteiger partial charge >= 0.3 is 5.97 Å². The van der Waals surface area contributed by atoms with Crippen LogP contribution in [0.3, 0.4) is 0 Å². The molecule has 1 aliphatic heterocycles. The van der Waals surface area contributed by atoms with Crippen molar-refractivity contribution in [3.63, 3.8) is 0 Å². The van der Waals surface area contributed by atoms with Crippen LogP contribution >= 0.6 is 0 Å². The highest BCUT2D eigenvalue weighted by atomic mass is 16.4. The van der Waals surface area contributed by atoms with Crippen LogP contribution < -0.4 is 0 Å². The maximum atomic E-state index is 12.1. The van der Waals surface area contributed by atoms with Crippen molar-refractivity contribution >= 4 is 11.9 Å². The summed E-state index contributed by atoms with van der Waals surface area (Å²) in [6.07, 6.45) is 3.44. The third kappa shape index (κ3) is 4.20. The lowest BCUT2D eigenvalue weighted by Gasteiger charge is -2.40. The molecule has 1 N–H and O–H groups in total. The van der Waals surface area contributed by atoms with Crippen molar-refractivity contribution in [1.29, 1.82) is 0 Å². The van der Waals surface area contributed by atoms with Gasteiger partial charge in [0.05, 0.1) is 5.41 Å². The van der Waals surface area contributed by atoms with E-state index >= 15 is 0 Å². The van der Waals surface area contributed by atoms with E-state index in [1.807, 2.05) is 25.9 Å². The number of amides is 1. The molecule has 0 bridgehead atoms. The minimum Gasteiger partial charge on any atom is -0.481 e. The van der Waals surface area contributed by atoms with E-state index in [1.165, 1.54) is 0 Å². The summed E-state index contributed by atoms with van der Waals surface area (Å²) in [5.74, 6) is -0.672. The van der Waals surface area contributed by atoms with Gasteiger partial charge in [0.15, 0.2) is 0 Å². The molecule has 1 unspecified atom stereocenters. The molecule has 5 heteroatoms. The van der Waals surface area contributed by atoms with Crippen molar-refractivity contribution in [3.05, 3.63) is 0 Å². The Bertz CT molecular complexity index is 327. The smallest absolute Gasteiger partial charge is 0.311 e. The standard InChI is InChI=1S/C14H26N2O3/c1-4-7-14(13(18)19)8-5-9-16(11-14)12(17)6-10-15(2)3/h4-11H2,1-3H3,(H,18,19). The van der Waals surface area contributed by atoms with Crippen LogP contribution in [0.25, 0.3) is 0 Å². The lowest BCUT2D eigenvalue weighted by Crippen LogP contribution is -2.50. The van der Waals surface area contributed by atoms with Crippen molar-refractivity contribution in [2.45, 2.75) is 39.0 Å². The molecule has 1 aliphatic rings. The number of aliphatic carboxylic acids is 1. The van der Waals surface area contributed by atoms with Gasteiger partial charge in [-0.15, -0.1) is 0 Å². The summed E-state index contributed by atoms with van der Waals surface area (Å²) in [5.41, 5.74) is -0.721. The summed E-state index contributed by atoms with van der Waals surface area (Å²) in [6, 6.07) is 0. The summed E-state index contributed by atoms with van der Waals surface area (Å²) in [5, 5.41) is 9.49. The molecule has 0 aromatic heterocycles. The second-order valence-corrected chi connectivity index (χ2v) is 5.81. The number of piperidine rings is 1. The number of hydrogen-bond donors (Lipinski definition) is 1. The topological polar surface area (TPSA) is 60.9 Å². The van der Waals surface area contributed by atoms with E-state index < -0.39 is 11.4 Å². The van der Waals surface area contributed by atoms with Gasteiger partial charge < -0.3 is 14.9 Å². The number of likely N-dealkylation sites (tertiary alicyclic amines) is 1. The summed E-state index contributed by atoms with van der Waals surface area (Å²) >= 11 is 0. The predicted octanol–water partition coefficient (Wildman–Crippen LogP) is 1.43. The Labute approximate surface area is 115 Å². The third-order valence-electron chi connectivity index (χ3n) is 3.88. The largest absolute Gasteiger partial charge is 0.481 e. The lowest BCUT2D eigenvalue weighted by molar-refractivity contribution is -0.155. The van der Waals surface area contributed by atoms with Gasteiger partial charge in [0.25, 0.3) is 0 Å². The molecule has 0 aliphatic carbocycles. The van der Waals surface area contributed by atoms with Gasteiger partial charge in [0.2, 0.25) is 5.91 Å². The van der Waals surface area contributed by atoms with E-state index in [0.29, 0.717) is 38.9 Å². The Morgan fingerprint density at radius 3 is 2.58 bits per heavy atom. The monoisotopic (exact) mass is 270 g/mol. The maximum Gasteiger partial charge on any atom is 0.311 e. The molecule has 0 aromatic carbocycles. The molecule has 0 spiro atoms. The fourth-order valence-corrected chi connectivity index (χ4v) is 2.79. The Hall–Kier alpha value is -1.10. The quantitative estimate of drug-likeness (QED) is 0.793. The number of rotatable bonds is 6. The lowest BCUT2D eigenvalue weighted by atomic mass is 9.76. The SMILES string of the molecule is CCCC1(C(=O)O)CCCN(C(=O)CCN(C)C)C1. The molecule has 0 saturated carbocycles. The molecule has 0 radical (unpaired) electrons. The van der Waals surface area contributed by atoms with E-state index in [0.717, 1.165) is 12.8 Å². The molecular formula is C14H26N2O3. The van der Waals surface area contributed by atoms with Gasteiger partial charge in [-0.25, -0.2) is 0 Å². The van der Waals surface area contributed by atoms with Gasteiger partial charge in [-0.1, -0.05) is 13.3 Å². The average Bonchev–Trinajstić information content (AvgIpc) is 2.36. The van der Waals surface area contributed by atoms with E-state index in [2.05, 4.69) is 0 Å². The highest BCUT2D eigenvalue weighted by Crippen LogP contribution is 2.35. The van der Waals surface area contributed by atoms with Crippen LogP contribution in [0.4, 0.5) is 0 Å². The van der Waals surface area contributed by atoms with Gasteiger partial charge in [-0.2, -0.15) is 0 Å². The third-order valence-corrected chi connectivity index (χ3v) is 3.88. The normalized spacial score (nSPS) is 23.7. The number of carboxylic acids is 1. The summed E-state index contributed by atoms with van der Waals surface area (Å²) in [7, 11) is 3.87. The van der Waals surface area contributed by atoms with Crippen molar-refractivity contribution in [2.24, 2.45) is 5.41 Å². The molecule has 1 rings (SSSR count). The van der Waals surface area contributed by atoms with Crippen LogP contribution in [0.5, 0.6) is 0 Å². The zero-order valence-electron chi connectivity index (χ0n) is 12.3. The Morgan fingerprint density at radius 2 is 2.05 bits per heavy atom. The molecule has 1 fully saturated rings. The number of carboxylic acid groups (broad SMARTS) is 1. The molecule has 19 heavy (non-hydrogen) atoms. The van der Waals surface area contributed by atoms with Crippen LogP contribution in [0.1, 0.15) is 39.0 Å². The molecule has 5 nitrogen and oxygen atoms in total. The fourth-order valence-electron chi connectivity index (χ4n) is 2.79. The second-order valence-electron chi connectivity index (χ2n) is 5.81. The molecule has 1 heterocycles. The first-order valence-corrected chi connectivity index (χ1v) is 7.07. The van der Waals surface area contributed by atoms with Crippen LogP contribution in [-0.2, 0) is 9.59 Å². The second kappa shape index (κ2) is 6.89. The number of carbonyl (C=O) groups is 2. The van der Waals surface area contributed by atoms with Gasteiger partial charge in [0.1, 0.15) is 0 Å². The van der Waals surface area contributed by atoms with Gasteiger partial charge in [0, 0.05) is 26.1 Å². The average molecular weight is 270 g/mol. The van der Waals surface area contributed by atoms with Crippen LogP contribution in [0.2, 0.25) is 0 Å². The van der Waals surface area contributed by atoms with E-state index in [4.69, 9.17) is 0 Å². The maximum absolute atomic E-state index is 12.1. The molecule has 1 amide bonds. The summed E-state index contributed by atoms with van der Waals surface area (Å²) in [4.78, 5) is 27.4. The van der Waals surface area contributed by atoms with E-state index in [-0.39, 0.29) is 5.91 Å². The molecule has 0 aromatic rings. The van der Waals surface area contributed by atoms with Gasteiger partial charge in [-0.3, -0.25) is 9.59 Å². The van der Waals surface area contributed by atoms with Gasteiger partial charge in [-0.05, 0) is 33.4 Å². The van der Waals surface area contributed by atoms with Crippen LogP contribution in [0, 0.1) is 5.41 Å². The van der Waals surface area contributed by atoms with E-state index in [9.17, 15) is 14.7 Å². The molecule has 1 atom stereocenters. The number of carbonyl (C=O) groups excluding carboxylic acids is 1. The predicted molar refractivity (Wildman–Crippen MR) is 74.0 cm³/mol. The zero-order chi connectivity index (χ0) is 14.5. The summed E-state index contributed by atoms with van der Waals surface area (Å²) in [6.45, 7) is 3.79. The first kappa shape index (κ1) is 16.0. The Kier molecular flexibility index (Phi) is 5.79. The first-order valence-electron chi connectivity index (χ1n) is 7.07. The molecule has 1 saturated heterocycles. The van der Waals surface area contributed by atoms with E-state index in [1.54, 1.807) is 4.90 Å². The highest BCUT2D eigenvalue weighted by molar-refractivity contribution is 5.79. The number of hydrogen-bond acceptors (Lipinski definition) is 3. The fraction of sp³-hybridized carbons (Fsp3) is 0.857. The zero-order valence-corrected chi connectivity index (χ0v) is 12.3. The van der Waals surface area contributed by atoms with Crippen molar-refractivity contribution in [2.75, 3.05) is 33.7 Å². The minimum atomic E-state index is -0.751. The Morgan fingerprint density at radius 1 is 1.37 bits per heavy atom. The van der Waals surface area contributed by atoms with Crippen molar-refractivity contribution < 1.29 is 14.7 Å². The summed E-state index contributed by atoms with van der Waals surface area (Å²) < 4.78 is 0. The number of nitrogens with zero attached hydrogens (tertiary/aromatic N) is 2. The minimum absolute atomic E-state index is 0.0788. The first-order chi connectivity index (χ1) is 8.91.